The van der Waals surface area contributed by atoms with Crippen molar-refractivity contribution in [3.05, 3.63) is 23.0 Å². The lowest BCUT2D eigenvalue weighted by Crippen LogP contribution is -2.20. The molecule has 2 bridgehead atoms. The maximum absolute atomic E-state index is 5.95. The van der Waals surface area contributed by atoms with Crippen LogP contribution in [0.15, 0.2) is 18.2 Å². The Morgan fingerprint density at radius 1 is 1.42 bits per heavy atom. The lowest BCUT2D eigenvalue weighted by atomic mass is 9.95. The standard InChI is InChI=1S/C14H16N2O2S/c1-17-8-2-4-11-10(6-8)15-14(19)16(11)12-7-9-3-5-13(12)18-9/h2,4,6,9,12-13H,3,5,7H2,1H3,(H,15,19). The summed E-state index contributed by atoms with van der Waals surface area (Å²) in [6, 6.07) is 6.44. The van der Waals surface area contributed by atoms with E-state index in [-0.39, 0.29) is 0 Å². The highest BCUT2D eigenvalue weighted by Gasteiger charge is 2.42. The number of nitrogens with zero attached hydrogens (tertiary/aromatic N) is 1. The fourth-order valence-corrected chi connectivity index (χ4v) is 3.79. The molecule has 0 amide bonds. The molecule has 1 N–H and O–H groups in total. The Kier molecular flexibility index (Phi) is 2.47. The van der Waals surface area contributed by atoms with Gasteiger partial charge in [0.15, 0.2) is 4.77 Å². The van der Waals surface area contributed by atoms with Gasteiger partial charge in [-0.2, -0.15) is 0 Å². The average Bonchev–Trinajstić information content (AvgIpc) is 3.09. The van der Waals surface area contributed by atoms with Gasteiger partial charge in [-0.1, -0.05) is 0 Å². The van der Waals surface area contributed by atoms with E-state index >= 15 is 0 Å². The number of fused-ring (bicyclic) bond motifs is 3. The number of benzene rings is 1. The molecular formula is C14H16N2O2S. The van der Waals surface area contributed by atoms with Gasteiger partial charge in [0.25, 0.3) is 0 Å². The van der Waals surface area contributed by atoms with Crippen molar-refractivity contribution in [3.63, 3.8) is 0 Å². The minimum atomic E-state index is 0.331. The number of aromatic nitrogens is 2. The zero-order valence-electron chi connectivity index (χ0n) is 10.8. The van der Waals surface area contributed by atoms with E-state index in [1.54, 1.807) is 7.11 Å². The van der Waals surface area contributed by atoms with Crippen molar-refractivity contribution in [1.82, 2.24) is 9.55 Å². The Balaban J connectivity index is 1.85. The van der Waals surface area contributed by atoms with E-state index in [0.717, 1.165) is 34.4 Å². The van der Waals surface area contributed by atoms with Crippen molar-refractivity contribution >= 4 is 23.3 Å². The molecule has 1 aromatic heterocycles. The van der Waals surface area contributed by atoms with Crippen LogP contribution in [0.25, 0.3) is 11.0 Å². The summed E-state index contributed by atoms with van der Waals surface area (Å²) >= 11 is 5.50. The highest BCUT2D eigenvalue weighted by Crippen LogP contribution is 2.43. The second kappa shape index (κ2) is 4.08. The average molecular weight is 276 g/mol. The van der Waals surface area contributed by atoms with E-state index in [1.807, 2.05) is 12.1 Å². The summed E-state index contributed by atoms with van der Waals surface area (Å²) in [5, 5.41) is 0. The van der Waals surface area contributed by atoms with E-state index in [1.165, 1.54) is 6.42 Å². The number of H-pyrrole nitrogens is 1. The van der Waals surface area contributed by atoms with Gasteiger partial charge in [-0.25, -0.2) is 0 Å². The van der Waals surface area contributed by atoms with Crippen LogP contribution >= 0.6 is 12.2 Å². The third-order valence-corrected chi connectivity index (χ3v) is 4.63. The van der Waals surface area contributed by atoms with E-state index in [2.05, 4.69) is 15.6 Å². The molecule has 2 aliphatic heterocycles. The van der Waals surface area contributed by atoms with Gasteiger partial charge in [0.05, 0.1) is 36.4 Å². The molecule has 2 saturated heterocycles. The second-order valence-electron chi connectivity index (χ2n) is 5.36. The van der Waals surface area contributed by atoms with Crippen LogP contribution in [0.2, 0.25) is 0 Å². The summed E-state index contributed by atoms with van der Waals surface area (Å²) in [7, 11) is 1.68. The zero-order chi connectivity index (χ0) is 13.0. The van der Waals surface area contributed by atoms with Gasteiger partial charge in [-0.05, 0) is 43.6 Å². The number of ether oxygens (including phenoxy) is 2. The molecule has 5 heteroatoms. The highest BCUT2D eigenvalue weighted by molar-refractivity contribution is 7.71. The van der Waals surface area contributed by atoms with Crippen molar-refractivity contribution < 1.29 is 9.47 Å². The number of rotatable bonds is 2. The van der Waals surface area contributed by atoms with Crippen molar-refractivity contribution in [1.29, 1.82) is 0 Å². The van der Waals surface area contributed by atoms with E-state index in [4.69, 9.17) is 21.7 Å². The van der Waals surface area contributed by atoms with Crippen LogP contribution in [0.3, 0.4) is 0 Å². The molecule has 0 aliphatic carbocycles. The number of nitrogens with one attached hydrogen (secondary N) is 1. The number of aromatic amines is 1. The molecule has 2 aromatic rings. The first-order chi connectivity index (χ1) is 9.26. The number of imidazole rings is 1. The molecule has 0 spiro atoms. The van der Waals surface area contributed by atoms with Gasteiger partial charge in [-0.15, -0.1) is 0 Å². The molecule has 0 saturated carbocycles. The topological polar surface area (TPSA) is 39.2 Å². The number of methoxy groups -OCH3 is 1. The summed E-state index contributed by atoms with van der Waals surface area (Å²) < 4.78 is 14.2. The largest absolute Gasteiger partial charge is 0.497 e. The Morgan fingerprint density at radius 2 is 2.32 bits per heavy atom. The summed E-state index contributed by atoms with van der Waals surface area (Å²) in [5.41, 5.74) is 2.18. The first-order valence-electron chi connectivity index (χ1n) is 6.70. The van der Waals surface area contributed by atoms with Crippen LogP contribution in [0.4, 0.5) is 0 Å². The molecule has 3 unspecified atom stereocenters. The third kappa shape index (κ3) is 1.65. The molecule has 100 valence electrons. The second-order valence-corrected chi connectivity index (χ2v) is 5.75. The van der Waals surface area contributed by atoms with E-state index in [9.17, 15) is 0 Å². The monoisotopic (exact) mass is 276 g/mol. The summed E-state index contributed by atoms with van der Waals surface area (Å²) in [6.45, 7) is 0. The number of hydrogen-bond acceptors (Lipinski definition) is 3. The lowest BCUT2D eigenvalue weighted by Gasteiger charge is -2.21. The molecule has 0 radical (unpaired) electrons. The normalized spacial score (nSPS) is 29.2. The van der Waals surface area contributed by atoms with Crippen molar-refractivity contribution in [2.75, 3.05) is 7.11 Å². The van der Waals surface area contributed by atoms with Crippen LogP contribution in [-0.4, -0.2) is 28.9 Å². The fourth-order valence-electron chi connectivity index (χ4n) is 3.45. The SMILES string of the molecule is COc1ccc2c(c1)[nH]c(=S)n2C1CC2CCC1O2. The van der Waals surface area contributed by atoms with Crippen molar-refractivity contribution in [2.45, 2.75) is 37.5 Å². The first kappa shape index (κ1) is 11.5. The van der Waals surface area contributed by atoms with Crippen molar-refractivity contribution in [3.8, 4) is 5.75 Å². The first-order valence-corrected chi connectivity index (χ1v) is 7.11. The van der Waals surface area contributed by atoms with Crippen LogP contribution in [-0.2, 0) is 4.74 Å². The number of hydrogen-bond donors (Lipinski definition) is 1. The van der Waals surface area contributed by atoms with Gasteiger partial charge < -0.3 is 19.0 Å². The molecule has 2 aliphatic rings. The molecule has 19 heavy (non-hydrogen) atoms. The lowest BCUT2D eigenvalue weighted by molar-refractivity contribution is 0.0941. The highest BCUT2D eigenvalue weighted by atomic mass is 32.1. The Hall–Kier alpha value is -1.33. The van der Waals surface area contributed by atoms with Crippen molar-refractivity contribution in [2.24, 2.45) is 0 Å². The van der Waals surface area contributed by atoms with Gasteiger partial charge >= 0.3 is 0 Å². The predicted molar refractivity (Wildman–Crippen MR) is 75.2 cm³/mol. The van der Waals surface area contributed by atoms with Crippen LogP contribution in [0.1, 0.15) is 25.3 Å². The summed E-state index contributed by atoms with van der Waals surface area (Å²) in [6.07, 6.45) is 4.20. The Labute approximate surface area is 116 Å². The van der Waals surface area contributed by atoms with E-state index < -0.39 is 0 Å². The van der Waals surface area contributed by atoms with Crippen LogP contribution in [0.5, 0.6) is 5.75 Å². The minimum absolute atomic E-state index is 0.331. The maximum Gasteiger partial charge on any atom is 0.178 e. The Bertz CT molecular complexity index is 690. The zero-order valence-corrected chi connectivity index (χ0v) is 11.6. The summed E-state index contributed by atoms with van der Waals surface area (Å²) in [5.74, 6) is 0.847. The predicted octanol–water partition coefficient (Wildman–Crippen LogP) is 3.20. The molecule has 3 atom stereocenters. The minimum Gasteiger partial charge on any atom is -0.497 e. The molecular weight excluding hydrogens is 260 g/mol. The maximum atomic E-state index is 5.95. The molecule has 1 aromatic carbocycles. The quantitative estimate of drug-likeness (QED) is 0.856. The van der Waals surface area contributed by atoms with Crippen LogP contribution < -0.4 is 4.74 Å². The third-order valence-electron chi connectivity index (χ3n) is 4.33. The molecule has 3 heterocycles. The summed E-state index contributed by atoms with van der Waals surface area (Å²) in [4.78, 5) is 3.28. The van der Waals surface area contributed by atoms with Gasteiger partial charge in [0.2, 0.25) is 0 Å². The van der Waals surface area contributed by atoms with E-state index in [0.29, 0.717) is 18.2 Å². The Morgan fingerprint density at radius 3 is 3.00 bits per heavy atom. The van der Waals surface area contributed by atoms with Gasteiger partial charge in [0, 0.05) is 6.07 Å². The van der Waals surface area contributed by atoms with Crippen LogP contribution in [0, 0.1) is 4.77 Å². The molecule has 2 fully saturated rings. The molecule has 4 nitrogen and oxygen atoms in total. The smallest absolute Gasteiger partial charge is 0.178 e. The van der Waals surface area contributed by atoms with Gasteiger partial charge in [-0.3, -0.25) is 0 Å². The van der Waals surface area contributed by atoms with Gasteiger partial charge in [0.1, 0.15) is 5.75 Å². The fraction of sp³-hybridized carbons (Fsp3) is 0.500. The molecule has 4 rings (SSSR count).